The number of benzene rings is 2. The highest BCUT2D eigenvalue weighted by molar-refractivity contribution is 5.94. The molecule has 0 radical (unpaired) electrons. The number of hydrogen-bond donors (Lipinski definition) is 1. The van der Waals surface area contributed by atoms with Gasteiger partial charge in [-0.2, -0.15) is 26.3 Å². The second-order valence-corrected chi connectivity index (χ2v) is 8.64. The van der Waals surface area contributed by atoms with Crippen LogP contribution < -0.4 is 5.32 Å². The van der Waals surface area contributed by atoms with Crippen molar-refractivity contribution in [3.8, 4) is 0 Å². The highest BCUT2D eigenvalue weighted by atomic mass is 19.4. The summed E-state index contributed by atoms with van der Waals surface area (Å²) in [7, 11) is 0. The second-order valence-electron chi connectivity index (χ2n) is 8.64. The SMILES string of the molecule is O=C1NC[C@H](c2cc(F)ccc2F)C2(CCN(C(=O)c3cc(C(F)(F)F)cc(C(F)(F)F)c3)CC2)O1. The second kappa shape index (κ2) is 8.93. The fraction of sp³-hybridized carbons (Fsp3) is 0.391. The number of likely N-dealkylation sites (tertiary alicyclic amines) is 1. The Balaban J connectivity index is 1.61. The molecule has 0 unspecified atom stereocenters. The van der Waals surface area contributed by atoms with E-state index in [4.69, 9.17) is 4.74 Å². The average molecular weight is 522 g/mol. The van der Waals surface area contributed by atoms with Crippen LogP contribution in [-0.2, 0) is 17.1 Å². The average Bonchev–Trinajstić information content (AvgIpc) is 2.79. The number of amides is 2. The van der Waals surface area contributed by atoms with E-state index in [-0.39, 0.29) is 44.1 Å². The topological polar surface area (TPSA) is 58.6 Å². The van der Waals surface area contributed by atoms with Crippen molar-refractivity contribution in [2.75, 3.05) is 19.6 Å². The summed E-state index contributed by atoms with van der Waals surface area (Å²) in [6.07, 6.45) is -11.3. The summed E-state index contributed by atoms with van der Waals surface area (Å²) >= 11 is 0. The number of nitrogens with zero attached hydrogens (tertiary/aromatic N) is 1. The van der Waals surface area contributed by atoms with Crippen LogP contribution in [0.5, 0.6) is 0 Å². The third-order valence-electron chi connectivity index (χ3n) is 6.45. The van der Waals surface area contributed by atoms with Crippen molar-refractivity contribution in [3.63, 3.8) is 0 Å². The van der Waals surface area contributed by atoms with Gasteiger partial charge in [0.2, 0.25) is 0 Å². The Morgan fingerprint density at radius 2 is 1.53 bits per heavy atom. The van der Waals surface area contributed by atoms with Crippen LogP contribution in [-0.4, -0.2) is 42.1 Å². The van der Waals surface area contributed by atoms with Crippen LogP contribution in [0.15, 0.2) is 36.4 Å². The van der Waals surface area contributed by atoms with Crippen molar-refractivity contribution in [2.45, 2.75) is 36.7 Å². The van der Waals surface area contributed by atoms with E-state index in [0.717, 1.165) is 23.1 Å². The highest BCUT2D eigenvalue weighted by Crippen LogP contribution is 2.43. The summed E-state index contributed by atoms with van der Waals surface area (Å²) in [5.41, 5.74) is -5.48. The Morgan fingerprint density at radius 1 is 0.944 bits per heavy atom. The number of carbonyl (C=O) groups excluding carboxylic acids is 2. The normalized spacial score (nSPS) is 20.2. The quantitative estimate of drug-likeness (QED) is 0.530. The maximum absolute atomic E-state index is 14.5. The maximum Gasteiger partial charge on any atom is 0.416 e. The van der Waals surface area contributed by atoms with Gasteiger partial charge in [-0.25, -0.2) is 13.6 Å². The summed E-state index contributed by atoms with van der Waals surface area (Å²) in [5.74, 6) is -3.40. The van der Waals surface area contributed by atoms with Crippen LogP contribution in [0.25, 0.3) is 0 Å². The maximum atomic E-state index is 14.5. The standard InChI is InChI=1S/C23H18F8N2O3/c24-15-1-2-18(25)16(10-15)17-11-32-20(35)36-21(17)3-5-33(6-4-21)19(34)12-7-13(22(26,27)28)9-14(8-12)23(29,30)31/h1-2,7-10,17H,3-6,11H2,(H,32,35)/t17-/m1/s1. The molecular weight excluding hydrogens is 504 g/mol. The zero-order valence-electron chi connectivity index (χ0n) is 18.3. The van der Waals surface area contributed by atoms with Crippen molar-refractivity contribution < 1.29 is 49.4 Å². The number of piperidine rings is 1. The molecule has 4 rings (SSSR count). The molecule has 194 valence electrons. The zero-order valence-corrected chi connectivity index (χ0v) is 18.3. The molecule has 0 aromatic heterocycles. The molecule has 2 aromatic carbocycles. The third kappa shape index (κ3) is 4.96. The van der Waals surface area contributed by atoms with Crippen LogP contribution in [0.2, 0.25) is 0 Å². The fourth-order valence-corrected chi connectivity index (χ4v) is 4.64. The van der Waals surface area contributed by atoms with Gasteiger partial charge in [0.1, 0.15) is 17.2 Å². The monoisotopic (exact) mass is 522 g/mol. The Hall–Kier alpha value is -3.38. The van der Waals surface area contributed by atoms with Crippen molar-refractivity contribution in [1.29, 1.82) is 0 Å². The molecule has 2 heterocycles. The van der Waals surface area contributed by atoms with Gasteiger partial charge in [0.25, 0.3) is 5.91 Å². The number of halogens is 8. The lowest BCUT2D eigenvalue weighted by atomic mass is 9.74. The molecule has 2 fully saturated rings. The lowest BCUT2D eigenvalue weighted by Crippen LogP contribution is -2.58. The Labute approximate surface area is 199 Å². The van der Waals surface area contributed by atoms with Crippen molar-refractivity contribution in [1.82, 2.24) is 10.2 Å². The first-order valence-electron chi connectivity index (χ1n) is 10.7. The van der Waals surface area contributed by atoms with E-state index in [0.29, 0.717) is 12.1 Å². The molecule has 0 saturated carbocycles. The van der Waals surface area contributed by atoms with Crippen LogP contribution in [0.3, 0.4) is 0 Å². The van der Waals surface area contributed by atoms with E-state index in [1.807, 2.05) is 0 Å². The minimum absolute atomic E-state index is 0.0672. The molecule has 5 nitrogen and oxygen atoms in total. The summed E-state index contributed by atoms with van der Waals surface area (Å²) in [5, 5.41) is 2.41. The van der Waals surface area contributed by atoms with E-state index in [1.165, 1.54) is 0 Å². The van der Waals surface area contributed by atoms with Crippen molar-refractivity contribution in [3.05, 3.63) is 70.3 Å². The van der Waals surface area contributed by atoms with E-state index in [1.54, 1.807) is 0 Å². The molecule has 36 heavy (non-hydrogen) atoms. The van der Waals surface area contributed by atoms with Gasteiger partial charge < -0.3 is 15.0 Å². The smallest absolute Gasteiger partial charge is 0.416 e. The molecule has 2 aromatic rings. The van der Waals surface area contributed by atoms with Gasteiger partial charge in [0, 0.05) is 44.0 Å². The van der Waals surface area contributed by atoms with Gasteiger partial charge in [-0.3, -0.25) is 4.79 Å². The molecule has 2 amide bonds. The van der Waals surface area contributed by atoms with Crippen molar-refractivity contribution >= 4 is 12.0 Å². The molecule has 1 atom stereocenters. The van der Waals surface area contributed by atoms with Gasteiger partial charge in [0.15, 0.2) is 0 Å². The molecule has 13 heteroatoms. The van der Waals surface area contributed by atoms with Crippen molar-refractivity contribution in [2.24, 2.45) is 0 Å². The molecule has 2 aliphatic heterocycles. The van der Waals surface area contributed by atoms with Gasteiger partial charge in [-0.05, 0) is 42.0 Å². The van der Waals surface area contributed by atoms with Crippen LogP contribution in [0.1, 0.15) is 45.8 Å². The predicted octanol–water partition coefficient (Wildman–Crippen LogP) is 5.50. The molecule has 0 bridgehead atoms. The van der Waals surface area contributed by atoms with Crippen LogP contribution in [0, 0.1) is 11.6 Å². The van der Waals surface area contributed by atoms with Gasteiger partial charge in [0.05, 0.1) is 11.1 Å². The summed E-state index contributed by atoms with van der Waals surface area (Å²) in [6.45, 7) is -0.524. The number of hydrogen-bond acceptors (Lipinski definition) is 3. The van der Waals surface area contributed by atoms with Crippen LogP contribution >= 0.6 is 0 Å². The van der Waals surface area contributed by atoms with E-state index >= 15 is 0 Å². The Bertz CT molecular complexity index is 1150. The molecule has 1 N–H and O–H groups in total. The number of carbonyl (C=O) groups is 2. The molecule has 0 aliphatic carbocycles. The van der Waals surface area contributed by atoms with Gasteiger partial charge >= 0.3 is 18.4 Å². The first kappa shape index (κ1) is 25.7. The molecular formula is C23H18F8N2O3. The Morgan fingerprint density at radius 3 is 2.08 bits per heavy atom. The number of alkyl halides is 6. The minimum Gasteiger partial charge on any atom is -0.442 e. The first-order chi connectivity index (χ1) is 16.7. The zero-order chi connectivity index (χ0) is 26.5. The molecule has 1 spiro atoms. The Kier molecular flexibility index (Phi) is 6.38. The largest absolute Gasteiger partial charge is 0.442 e. The van der Waals surface area contributed by atoms with Gasteiger partial charge in [-0.15, -0.1) is 0 Å². The number of nitrogens with one attached hydrogen (secondary N) is 1. The molecule has 2 aliphatic rings. The highest BCUT2D eigenvalue weighted by Gasteiger charge is 2.50. The van der Waals surface area contributed by atoms with E-state index in [2.05, 4.69) is 5.32 Å². The summed E-state index contributed by atoms with van der Waals surface area (Å²) < 4.78 is 113. The van der Waals surface area contributed by atoms with E-state index in [9.17, 15) is 44.7 Å². The lowest BCUT2D eigenvalue weighted by molar-refractivity contribution is -0.143. The predicted molar refractivity (Wildman–Crippen MR) is 108 cm³/mol. The fourth-order valence-electron chi connectivity index (χ4n) is 4.64. The number of ether oxygens (including phenoxy) is 1. The number of alkyl carbamates (subject to hydrolysis) is 1. The van der Waals surface area contributed by atoms with Gasteiger partial charge in [-0.1, -0.05) is 0 Å². The molecule has 2 saturated heterocycles. The van der Waals surface area contributed by atoms with Crippen LogP contribution in [0.4, 0.5) is 39.9 Å². The lowest BCUT2D eigenvalue weighted by Gasteiger charge is -2.48. The summed E-state index contributed by atoms with van der Waals surface area (Å²) in [6, 6.07) is 3.41. The number of rotatable bonds is 2. The third-order valence-corrected chi connectivity index (χ3v) is 6.45. The first-order valence-corrected chi connectivity index (χ1v) is 10.7. The minimum atomic E-state index is -5.12. The van der Waals surface area contributed by atoms with E-state index < -0.39 is 64.2 Å². The summed E-state index contributed by atoms with van der Waals surface area (Å²) in [4.78, 5) is 25.9.